The highest BCUT2D eigenvalue weighted by molar-refractivity contribution is 7.89. The van der Waals surface area contributed by atoms with Gasteiger partial charge in [-0.1, -0.05) is 12.1 Å². The Morgan fingerprint density at radius 1 is 1.41 bits per heavy atom. The summed E-state index contributed by atoms with van der Waals surface area (Å²) in [5.74, 6) is 0. The van der Waals surface area contributed by atoms with Gasteiger partial charge in [0.15, 0.2) is 0 Å². The largest absolute Gasteiger partial charge is 0.383 e. The van der Waals surface area contributed by atoms with Crippen LogP contribution in [-0.2, 0) is 14.8 Å². The van der Waals surface area contributed by atoms with Crippen molar-refractivity contribution in [1.82, 2.24) is 0 Å². The van der Waals surface area contributed by atoms with Gasteiger partial charge in [-0.25, -0.2) is 13.6 Å². The van der Waals surface area contributed by atoms with Crippen molar-refractivity contribution in [3.8, 4) is 0 Å². The molecule has 1 atom stereocenters. The molecule has 0 radical (unpaired) electrons. The van der Waals surface area contributed by atoms with Crippen molar-refractivity contribution in [1.29, 1.82) is 0 Å². The Labute approximate surface area is 101 Å². The zero-order chi connectivity index (χ0) is 12.9. The molecule has 1 rings (SSSR count). The van der Waals surface area contributed by atoms with Crippen LogP contribution in [0.25, 0.3) is 0 Å². The van der Waals surface area contributed by atoms with Gasteiger partial charge in [0.05, 0.1) is 18.3 Å². The highest BCUT2D eigenvalue weighted by Crippen LogP contribution is 2.19. The highest BCUT2D eigenvalue weighted by atomic mass is 32.2. The minimum atomic E-state index is -3.75. The van der Waals surface area contributed by atoms with Crippen LogP contribution in [0.5, 0.6) is 0 Å². The van der Waals surface area contributed by atoms with Crippen LogP contribution in [0.4, 0.5) is 5.69 Å². The third-order valence-electron chi connectivity index (χ3n) is 2.21. The molecule has 5 N–H and O–H groups in total. The number of primary sulfonamides is 1. The van der Waals surface area contributed by atoms with E-state index in [9.17, 15) is 8.42 Å². The number of hydrogen-bond acceptors (Lipinski definition) is 5. The Morgan fingerprint density at radius 2 is 2.06 bits per heavy atom. The van der Waals surface area contributed by atoms with Gasteiger partial charge in [-0.15, -0.1) is 0 Å². The highest BCUT2D eigenvalue weighted by Gasteiger charge is 2.15. The third kappa shape index (κ3) is 3.97. The van der Waals surface area contributed by atoms with E-state index in [1.165, 1.54) is 6.07 Å². The second-order valence-corrected chi connectivity index (χ2v) is 5.10. The second kappa shape index (κ2) is 5.97. The maximum Gasteiger partial charge on any atom is 0.240 e. The SMILES string of the molecule is COCC(CN)Nc1ccccc1S(N)(=O)=O. The summed E-state index contributed by atoms with van der Waals surface area (Å²) in [6.45, 7) is 0.711. The quantitative estimate of drug-likeness (QED) is 0.651. The average molecular weight is 259 g/mol. The molecule has 0 heterocycles. The van der Waals surface area contributed by atoms with Gasteiger partial charge in [0.2, 0.25) is 10.0 Å². The minimum Gasteiger partial charge on any atom is -0.383 e. The van der Waals surface area contributed by atoms with Crippen molar-refractivity contribution in [3.05, 3.63) is 24.3 Å². The lowest BCUT2D eigenvalue weighted by Crippen LogP contribution is -2.33. The molecule has 0 fully saturated rings. The first kappa shape index (κ1) is 13.9. The molecular weight excluding hydrogens is 242 g/mol. The number of anilines is 1. The van der Waals surface area contributed by atoms with Crippen molar-refractivity contribution in [2.75, 3.05) is 25.6 Å². The van der Waals surface area contributed by atoms with E-state index in [2.05, 4.69) is 5.32 Å². The number of nitrogens with two attached hydrogens (primary N) is 2. The topological polar surface area (TPSA) is 107 Å². The van der Waals surface area contributed by atoms with Gasteiger partial charge in [0.25, 0.3) is 0 Å². The number of ether oxygens (including phenoxy) is 1. The van der Waals surface area contributed by atoms with Crippen LogP contribution in [0.3, 0.4) is 0 Å². The Morgan fingerprint density at radius 3 is 2.59 bits per heavy atom. The minimum absolute atomic E-state index is 0.0505. The molecule has 0 spiro atoms. The number of nitrogens with one attached hydrogen (secondary N) is 1. The van der Waals surface area contributed by atoms with E-state index in [1.807, 2.05) is 0 Å². The first-order valence-corrected chi connectivity index (χ1v) is 6.61. The zero-order valence-corrected chi connectivity index (χ0v) is 10.4. The summed E-state index contributed by atoms with van der Waals surface area (Å²) < 4.78 is 27.7. The normalized spacial score (nSPS) is 13.4. The molecule has 0 aromatic heterocycles. The van der Waals surface area contributed by atoms with Gasteiger partial charge in [-0.05, 0) is 12.1 Å². The fourth-order valence-corrected chi connectivity index (χ4v) is 2.13. The van der Waals surface area contributed by atoms with Crippen LogP contribution in [0.1, 0.15) is 0 Å². The zero-order valence-electron chi connectivity index (χ0n) is 9.59. The second-order valence-electron chi connectivity index (χ2n) is 3.57. The van der Waals surface area contributed by atoms with Crippen molar-refractivity contribution in [2.45, 2.75) is 10.9 Å². The summed E-state index contributed by atoms with van der Waals surface area (Å²) in [6.07, 6.45) is 0. The van der Waals surface area contributed by atoms with Crippen LogP contribution >= 0.6 is 0 Å². The molecule has 1 aromatic carbocycles. The predicted molar refractivity (Wildman–Crippen MR) is 66.2 cm³/mol. The summed E-state index contributed by atoms with van der Waals surface area (Å²) in [6, 6.07) is 6.24. The number of benzene rings is 1. The van der Waals surface area contributed by atoms with Gasteiger partial charge < -0.3 is 15.8 Å². The van der Waals surface area contributed by atoms with Crippen molar-refractivity contribution in [2.24, 2.45) is 10.9 Å². The Bertz CT molecular complexity index is 462. The number of methoxy groups -OCH3 is 1. The fraction of sp³-hybridized carbons (Fsp3) is 0.400. The lowest BCUT2D eigenvalue weighted by Gasteiger charge is -2.18. The Kier molecular flexibility index (Phi) is 4.88. The molecule has 6 nitrogen and oxygen atoms in total. The maximum atomic E-state index is 11.4. The van der Waals surface area contributed by atoms with E-state index in [-0.39, 0.29) is 10.9 Å². The molecule has 96 valence electrons. The number of rotatable bonds is 6. The fourth-order valence-electron chi connectivity index (χ4n) is 1.42. The van der Waals surface area contributed by atoms with Crippen molar-refractivity contribution >= 4 is 15.7 Å². The summed E-state index contributed by atoms with van der Waals surface area (Å²) in [7, 11) is -2.19. The molecule has 7 heteroatoms. The van der Waals surface area contributed by atoms with Crippen LogP contribution in [0.2, 0.25) is 0 Å². The molecule has 1 aromatic rings. The summed E-state index contributed by atoms with van der Waals surface area (Å²) in [4.78, 5) is 0.0505. The van der Waals surface area contributed by atoms with Crippen molar-refractivity contribution < 1.29 is 13.2 Å². The van der Waals surface area contributed by atoms with E-state index in [0.29, 0.717) is 18.8 Å². The molecule has 17 heavy (non-hydrogen) atoms. The van der Waals surface area contributed by atoms with E-state index in [4.69, 9.17) is 15.6 Å². The number of sulfonamides is 1. The van der Waals surface area contributed by atoms with E-state index in [0.717, 1.165) is 0 Å². The van der Waals surface area contributed by atoms with Crippen LogP contribution < -0.4 is 16.2 Å². The predicted octanol–water partition coefficient (Wildman–Crippen LogP) is -0.280. The van der Waals surface area contributed by atoms with E-state index in [1.54, 1.807) is 25.3 Å². The standard InChI is InChI=1S/C10H17N3O3S/c1-16-7-8(6-11)13-9-4-2-3-5-10(9)17(12,14)15/h2-5,8,13H,6-7,11H2,1H3,(H2,12,14,15). The van der Waals surface area contributed by atoms with Gasteiger partial charge in [-0.2, -0.15) is 0 Å². The molecule has 0 amide bonds. The monoisotopic (exact) mass is 259 g/mol. The maximum absolute atomic E-state index is 11.4. The van der Waals surface area contributed by atoms with Gasteiger partial charge in [-0.3, -0.25) is 0 Å². The molecule has 0 saturated heterocycles. The van der Waals surface area contributed by atoms with Gasteiger partial charge in [0.1, 0.15) is 4.90 Å². The summed E-state index contributed by atoms with van der Waals surface area (Å²) >= 11 is 0. The number of para-hydroxylation sites is 1. The first-order chi connectivity index (χ1) is 7.99. The lowest BCUT2D eigenvalue weighted by atomic mass is 10.2. The van der Waals surface area contributed by atoms with Gasteiger partial charge >= 0.3 is 0 Å². The summed E-state index contributed by atoms with van der Waals surface area (Å²) in [5, 5.41) is 8.11. The molecular formula is C10H17N3O3S. The summed E-state index contributed by atoms with van der Waals surface area (Å²) in [5.41, 5.74) is 5.98. The lowest BCUT2D eigenvalue weighted by molar-refractivity contribution is 0.187. The van der Waals surface area contributed by atoms with Crippen LogP contribution in [-0.4, -0.2) is 34.7 Å². The number of hydrogen-bond donors (Lipinski definition) is 3. The Hall–Kier alpha value is -1.15. The average Bonchev–Trinajstić information content (AvgIpc) is 2.27. The van der Waals surface area contributed by atoms with Gasteiger partial charge in [0, 0.05) is 13.7 Å². The van der Waals surface area contributed by atoms with Crippen molar-refractivity contribution in [3.63, 3.8) is 0 Å². The smallest absolute Gasteiger partial charge is 0.240 e. The van der Waals surface area contributed by atoms with E-state index < -0.39 is 10.0 Å². The van der Waals surface area contributed by atoms with Crippen LogP contribution in [0, 0.1) is 0 Å². The van der Waals surface area contributed by atoms with Crippen LogP contribution in [0.15, 0.2) is 29.2 Å². The first-order valence-electron chi connectivity index (χ1n) is 5.06. The molecule has 0 aliphatic carbocycles. The Balaban J connectivity index is 2.98. The molecule has 0 bridgehead atoms. The molecule has 1 unspecified atom stereocenters. The molecule has 0 aliphatic rings. The third-order valence-corrected chi connectivity index (χ3v) is 3.17. The molecule has 0 saturated carbocycles. The molecule has 0 aliphatic heterocycles. The van der Waals surface area contributed by atoms with E-state index >= 15 is 0 Å².